The molecule has 0 aromatic heterocycles. The molecule has 0 saturated heterocycles. The van der Waals surface area contributed by atoms with E-state index in [2.05, 4.69) is 0 Å². The summed E-state index contributed by atoms with van der Waals surface area (Å²) < 4.78 is 11.2. The summed E-state index contributed by atoms with van der Waals surface area (Å²) in [5, 5.41) is 0. The van der Waals surface area contributed by atoms with E-state index in [-0.39, 0.29) is 11.6 Å². The number of nitrogens with two attached hydrogens (primary N) is 1. The zero-order valence-corrected chi connectivity index (χ0v) is 10.1. The molecule has 1 aliphatic heterocycles. The van der Waals surface area contributed by atoms with E-state index in [0.29, 0.717) is 13.2 Å². The number of rotatable bonds is 1. The second-order valence-electron chi connectivity index (χ2n) is 5.20. The summed E-state index contributed by atoms with van der Waals surface area (Å²) in [7, 11) is 0. The third-order valence-electron chi connectivity index (χ3n) is 2.49. The number of hydrogen-bond acceptors (Lipinski definition) is 3. The van der Waals surface area contributed by atoms with Crippen molar-refractivity contribution in [2.75, 3.05) is 6.61 Å². The Hall–Kier alpha value is -1.06. The van der Waals surface area contributed by atoms with Gasteiger partial charge >= 0.3 is 0 Å². The molecule has 0 radical (unpaired) electrons. The Kier molecular flexibility index (Phi) is 2.91. The Morgan fingerprint density at radius 1 is 1.38 bits per heavy atom. The Balaban J connectivity index is 2.25. The van der Waals surface area contributed by atoms with Gasteiger partial charge in [0.25, 0.3) is 0 Å². The Morgan fingerprint density at radius 3 is 2.81 bits per heavy atom. The van der Waals surface area contributed by atoms with Gasteiger partial charge in [0.1, 0.15) is 11.4 Å². The number of fused-ring (bicyclic) bond motifs is 1. The molecule has 3 heteroatoms. The molecule has 2 N–H and O–H groups in total. The standard InChI is InChI=1S/C13H19NO2/c1-13(2,3)16-10-4-5-11-9(6-10)7-15-8-12(11)14/h4-6,12H,7-8,14H2,1-3H3/t12-/m0/s1. The maximum Gasteiger partial charge on any atom is 0.120 e. The molecule has 2 rings (SSSR count). The van der Waals surface area contributed by atoms with Gasteiger partial charge in [-0.05, 0) is 44.0 Å². The highest BCUT2D eigenvalue weighted by Gasteiger charge is 2.19. The summed E-state index contributed by atoms with van der Waals surface area (Å²) in [6, 6.07) is 6.05. The first-order chi connectivity index (χ1) is 7.46. The minimum absolute atomic E-state index is 0.00700. The Bertz CT molecular complexity index is 382. The van der Waals surface area contributed by atoms with Crippen LogP contribution in [-0.4, -0.2) is 12.2 Å². The molecule has 0 bridgehead atoms. The molecular weight excluding hydrogens is 202 g/mol. The third kappa shape index (κ3) is 2.54. The minimum atomic E-state index is -0.175. The minimum Gasteiger partial charge on any atom is -0.488 e. The fraction of sp³-hybridized carbons (Fsp3) is 0.538. The molecule has 0 amide bonds. The molecule has 0 saturated carbocycles. The molecule has 3 nitrogen and oxygen atoms in total. The van der Waals surface area contributed by atoms with E-state index in [4.69, 9.17) is 15.2 Å². The molecule has 1 atom stereocenters. The predicted octanol–water partition coefficient (Wildman–Crippen LogP) is 2.39. The van der Waals surface area contributed by atoms with Crippen LogP contribution in [0.3, 0.4) is 0 Å². The van der Waals surface area contributed by atoms with E-state index in [1.54, 1.807) is 0 Å². The topological polar surface area (TPSA) is 44.5 Å². The lowest BCUT2D eigenvalue weighted by atomic mass is 9.99. The van der Waals surface area contributed by atoms with Gasteiger partial charge in [-0.3, -0.25) is 0 Å². The van der Waals surface area contributed by atoms with Gasteiger partial charge in [0.2, 0.25) is 0 Å². The van der Waals surface area contributed by atoms with Crippen molar-refractivity contribution in [2.24, 2.45) is 5.73 Å². The lowest BCUT2D eigenvalue weighted by Gasteiger charge is -2.25. The van der Waals surface area contributed by atoms with E-state index in [9.17, 15) is 0 Å². The largest absolute Gasteiger partial charge is 0.488 e. The number of hydrogen-bond donors (Lipinski definition) is 1. The van der Waals surface area contributed by atoms with Crippen molar-refractivity contribution < 1.29 is 9.47 Å². The lowest BCUT2D eigenvalue weighted by molar-refractivity contribution is 0.0908. The molecule has 1 aliphatic rings. The molecule has 1 heterocycles. The van der Waals surface area contributed by atoms with Crippen LogP contribution in [-0.2, 0) is 11.3 Å². The van der Waals surface area contributed by atoms with E-state index in [1.165, 1.54) is 5.56 Å². The third-order valence-corrected chi connectivity index (χ3v) is 2.49. The fourth-order valence-corrected chi connectivity index (χ4v) is 1.87. The Labute approximate surface area is 96.5 Å². The van der Waals surface area contributed by atoms with Crippen LogP contribution < -0.4 is 10.5 Å². The van der Waals surface area contributed by atoms with Gasteiger partial charge < -0.3 is 15.2 Å². The van der Waals surface area contributed by atoms with E-state index < -0.39 is 0 Å². The van der Waals surface area contributed by atoms with Gasteiger partial charge in [-0.2, -0.15) is 0 Å². The number of ether oxygens (including phenoxy) is 2. The van der Waals surface area contributed by atoms with Gasteiger partial charge in [0.05, 0.1) is 19.3 Å². The number of benzene rings is 1. The summed E-state index contributed by atoms with van der Waals surface area (Å²) in [5.41, 5.74) is 8.10. The first kappa shape index (κ1) is 11.4. The molecule has 16 heavy (non-hydrogen) atoms. The van der Waals surface area contributed by atoms with Gasteiger partial charge in [-0.1, -0.05) is 6.07 Å². The maximum atomic E-state index is 5.96. The summed E-state index contributed by atoms with van der Waals surface area (Å²) in [6.45, 7) is 7.34. The highest BCUT2D eigenvalue weighted by atomic mass is 16.5. The second kappa shape index (κ2) is 4.07. The van der Waals surface area contributed by atoms with Gasteiger partial charge in [0.15, 0.2) is 0 Å². The Morgan fingerprint density at radius 2 is 2.12 bits per heavy atom. The monoisotopic (exact) mass is 221 g/mol. The fourth-order valence-electron chi connectivity index (χ4n) is 1.87. The SMILES string of the molecule is CC(C)(C)Oc1ccc2c(c1)COC[C@@H]2N. The van der Waals surface area contributed by atoms with Crippen LogP contribution in [0.1, 0.15) is 37.9 Å². The average Bonchev–Trinajstić information content (AvgIpc) is 2.15. The summed E-state index contributed by atoms with van der Waals surface area (Å²) in [4.78, 5) is 0. The molecule has 1 aromatic carbocycles. The van der Waals surface area contributed by atoms with Crippen molar-refractivity contribution in [1.82, 2.24) is 0 Å². The predicted molar refractivity (Wildman–Crippen MR) is 63.4 cm³/mol. The van der Waals surface area contributed by atoms with Crippen LogP contribution in [0.2, 0.25) is 0 Å². The first-order valence-electron chi connectivity index (χ1n) is 5.61. The molecule has 1 aromatic rings. The first-order valence-corrected chi connectivity index (χ1v) is 5.61. The van der Waals surface area contributed by atoms with Crippen molar-refractivity contribution in [1.29, 1.82) is 0 Å². The van der Waals surface area contributed by atoms with Crippen LogP contribution in [0, 0.1) is 0 Å². The molecule has 88 valence electrons. The summed E-state index contributed by atoms with van der Waals surface area (Å²) in [5.74, 6) is 0.879. The average molecular weight is 221 g/mol. The zero-order valence-electron chi connectivity index (χ0n) is 10.1. The van der Waals surface area contributed by atoms with Crippen LogP contribution in [0.25, 0.3) is 0 Å². The zero-order chi connectivity index (χ0) is 11.8. The van der Waals surface area contributed by atoms with Crippen molar-refractivity contribution in [2.45, 2.75) is 39.0 Å². The van der Waals surface area contributed by atoms with Crippen LogP contribution in [0.4, 0.5) is 0 Å². The summed E-state index contributed by atoms with van der Waals surface area (Å²) >= 11 is 0. The lowest BCUT2D eigenvalue weighted by Crippen LogP contribution is -2.25. The normalized spacial score (nSPS) is 20.4. The highest BCUT2D eigenvalue weighted by molar-refractivity contribution is 5.38. The van der Waals surface area contributed by atoms with Gasteiger partial charge in [-0.15, -0.1) is 0 Å². The van der Waals surface area contributed by atoms with Crippen molar-refractivity contribution >= 4 is 0 Å². The van der Waals surface area contributed by atoms with E-state index in [1.807, 2.05) is 39.0 Å². The van der Waals surface area contributed by atoms with E-state index >= 15 is 0 Å². The van der Waals surface area contributed by atoms with Gasteiger partial charge in [-0.25, -0.2) is 0 Å². The van der Waals surface area contributed by atoms with Gasteiger partial charge in [0, 0.05) is 0 Å². The molecule has 0 unspecified atom stereocenters. The van der Waals surface area contributed by atoms with Crippen molar-refractivity contribution in [3.05, 3.63) is 29.3 Å². The molecule has 0 fully saturated rings. The molecule has 0 aliphatic carbocycles. The smallest absolute Gasteiger partial charge is 0.120 e. The van der Waals surface area contributed by atoms with Crippen LogP contribution in [0.15, 0.2) is 18.2 Å². The maximum absolute atomic E-state index is 5.96. The second-order valence-corrected chi connectivity index (χ2v) is 5.20. The van der Waals surface area contributed by atoms with Crippen LogP contribution >= 0.6 is 0 Å². The van der Waals surface area contributed by atoms with Crippen molar-refractivity contribution in [3.63, 3.8) is 0 Å². The van der Waals surface area contributed by atoms with Crippen molar-refractivity contribution in [3.8, 4) is 5.75 Å². The summed E-state index contributed by atoms with van der Waals surface area (Å²) in [6.07, 6.45) is 0. The van der Waals surface area contributed by atoms with Crippen LogP contribution in [0.5, 0.6) is 5.75 Å². The quantitative estimate of drug-likeness (QED) is 0.792. The highest BCUT2D eigenvalue weighted by Crippen LogP contribution is 2.28. The molecular formula is C13H19NO2. The molecule has 0 spiro atoms. The van der Waals surface area contributed by atoms with E-state index in [0.717, 1.165) is 11.3 Å².